The third kappa shape index (κ3) is 6.44. The molecule has 1 aliphatic heterocycles. The lowest BCUT2D eigenvalue weighted by Gasteiger charge is -2.26. The van der Waals surface area contributed by atoms with Gasteiger partial charge in [0.2, 0.25) is 20.0 Å². The predicted octanol–water partition coefficient (Wildman–Crippen LogP) is 0.912. The number of benzene rings is 2. The van der Waals surface area contributed by atoms with Gasteiger partial charge in [-0.1, -0.05) is 6.07 Å². The van der Waals surface area contributed by atoms with Crippen LogP contribution < -0.4 is 14.4 Å². The summed E-state index contributed by atoms with van der Waals surface area (Å²) in [5.41, 5.74) is 0.703. The van der Waals surface area contributed by atoms with Gasteiger partial charge < -0.3 is 14.8 Å². The van der Waals surface area contributed by atoms with E-state index in [-0.39, 0.29) is 24.0 Å². The first-order valence-electron chi connectivity index (χ1n) is 10.2. The van der Waals surface area contributed by atoms with Crippen LogP contribution in [0.5, 0.6) is 5.75 Å². The number of sulfonamides is 2. The average Bonchev–Trinajstić information content (AvgIpc) is 2.81. The molecule has 12 heteroatoms. The number of nitrogens with one attached hydrogen (secondary N) is 1. The largest absolute Gasteiger partial charge is 0.492 e. The van der Waals surface area contributed by atoms with Crippen LogP contribution in [0.15, 0.2) is 53.4 Å². The van der Waals surface area contributed by atoms with E-state index in [0.29, 0.717) is 43.3 Å². The van der Waals surface area contributed by atoms with Crippen LogP contribution in [0, 0.1) is 0 Å². The van der Waals surface area contributed by atoms with Gasteiger partial charge in [0.05, 0.1) is 36.6 Å². The van der Waals surface area contributed by atoms with Crippen LogP contribution in [0.3, 0.4) is 0 Å². The number of hydrogen-bond donors (Lipinski definition) is 1. The Bertz CT molecular complexity index is 1180. The fourth-order valence-electron chi connectivity index (χ4n) is 3.11. The summed E-state index contributed by atoms with van der Waals surface area (Å²) >= 11 is 0. The molecule has 0 bridgehead atoms. The van der Waals surface area contributed by atoms with Gasteiger partial charge in [0.25, 0.3) is 5.91 Å². The van der Waals surface area contributed by atoms with Crippen molar-refractivity contribution in [1.29, 1.82) is 0 Å². The van der Waals surface area contributed by atoms with Crippen molar-refractivity contribution >= 4 is 31.6 Å². The molecule has 0 atom stereocenters. The van der Waals surface area contributed by atoms with E-state index < -0.39 is 20.0 Å². The molecule has 1 N–H and O–H groups in total. The van der Waals surface area contributed by atoms with E-state index in [2.05, 4.69) is 5.32 Å². The number of ether oxygens (including phenoxy) is 2. The van der Waals surface area contributed by atoms with Gasteiger partial charge in [-0.25, -0.2) is 16.8 Å². The van der Waals surface area contributed by atoms with Gasteiger partial charge in [0.1, 0.15) is 12.4 Å². The summed E-state index contributed by atoms with van der Waals surface area (Å²) in [6.45, 7) is 1.79. The van der Waals surface area contributed by atoms with Crippen LogP contribution in [0.25, 0.3) is 0 Å². The Kier molecular flexibility index (Phi) is 7.95. The molecule has 0 unspecified atom stereocenters. The molecule has 3 rings (SSSR count). The number of carbonyl (C=O) groups is 1. The molecule has 0 spiro atoms. The molecule has 33 heavy (non-hydrogen) atoms. The highest BCUT2D eigenvalue weighted by Crippen LogP contribution is 2.20. The quantitative estimate of drug-likeness (QED) is 0.511. The summed E-state index contributed by atoms with van der Waals surface area (Å²) < 4.78 is 61.9. The van der Waals surface area contributed by atoms with Crippen LogP contribution in [0.1, 0.15) is 10.4 Å². The Morgan fingerprint density at radius 3 is 2.39 bits per heavy atom. The monoisotopic (exact) mass is 497 g/mol. The Labute approximate surface area is 194 Å². The highest BCUT2D eigenvalue weighted by molar-refractivity contribution is 7.92. The number of nitrogens with zero attached hydrogens (tertiary/aromatic N) is 2. The van der Waals surface area contributed by atoms with Crippen molar-refractivity contribution in [3.63, 3.8) is 0 Å². The second-order valence-corrected chi connectivity index (χ2v) is 11.3. The summed E-state index contributed by atoms with van der Waals surface area (Å²) in [4.78, 5) is 12.6. The maximum absolute atomic E-state index is 12.6. The molecule has 0 saturated carbocycles. The van der Waals surface area contributed by atoms with Gasteiger partial charge in [-0.3, -0.25) is 9.10 Å². The lowest BCUT2D eigenvalue weighted by atomic mass is 10.2. The minimum absolute atomic E-state index is 0.171. The van der Waals surface area contributed by atoms with Crippen molar-refractivity contribution in [2.24, 2.45) is 0 Å². The second-order valence-electron chi connectivity index (χ2n) is 7.37. The van der Waals surface area contributed by atoms with Crippen LogP contribution in [-0.4, -0.2) is 79.8 Å². The molecule has 180 valence electrons. The number of amides is 1. The predicted molar refractivity (Wildman–Crippen MR) is 124 cm³/mol. The Hall–Kier alpha value is -2.67. The Morgan fingerprint density at radius 1 is 1.09 bits per heavy atom. The van der Waals surface area contributed by atoms with E-state index in [0.717, 1.165) is 10.6 Å². The van der Waals surface area contributed by atoms with E-state index in [4.69, 9.17) is 9.47 Å². The molecule has 1 amide bonds. The minimum Gasteiger partial charge on any atom is -0.492 e. The molecule has 10 nitrogen and oxygen atoms in total. The van der Waals surface area contributed by atoms with Gasteiger partial charge >= 0.3 is 0 Å². The van der Waals surface area contributed by atoms with Crippen LogP contribution in [0.2, 0.25) is 0 Å². The molecule has 0 aromatic heterocycles. The fourth-order valence-corrected chi connectivity index (χ4v) is 5.02. The van der Waals surface area contributed by atoms with Crippen LogP contribution in [0.4, 0.5) is 5.69 Å². The molecule has 1 aliphatic rings. The number of anilines is 1. The summed E-state index contributed by atoms with van der Waals surface area (Å²) in [5.74, 6) is 0.108. The SMILES string of the molecule is CN(c1cccc(C(=O)NCCOc2ccc(S(=O)(=O)N3CCOCC3)cc2)c1)S(C)(=O)=O. The zero-order valence-corrected chi connectivity index (χ0v) is 20.1. The van der Waals surface area contributed by atoms with Gasteiger partial charge in [-0.05, 0) is 42.5 Å². The van der Waals surface area contributed by atoms with Crippen molar-refractivity contribution in [1.82, 2.24) is 9.62 Å². The smallest absolute Gasteiger partial charge is 0.251 e. The first-order valence-corrected chi connectivity index (χ1v) is 13.5. The lowest BCUT2D eigenvalue weighted by Crippen LogP contribution is -2.40. The summed E-state index contributed by atoms with van der Waals surface area (Å²) in [6, 6.07) is 12.4. The van der Waals surface area contributed by atoms with E-state index in [1.807, 2.05) is 0 Å². The summed E-state index contributed by atoms with van der Waals surface area (Å²) in [7, 11) is -5.58. The van der Waals surface area contributed by atoms with E-state index >= 15 is 0 Å². The fraction of sp³-hybridized carbons (Fsp3) is 0.381. The maximum atomic E-state index is 12.6. The van der Waals surface area contributed by atoms with E-state index in [1.54, 1.807) is 30.3 Å². The third-order valence-corrected chi connectivity index (χ3v) is 8.18. The second kappa shape index (κ2) is 10.5. The number of rotatable bonds is 9. The number of carbonyl (C=O) groups excluding carboxylic acids is 1. The number of hydrogen-bond acceptors (Lipinski definition) is 7. The highest BCUT2D eigenvalue weighted by atomic mass is 32.2. The maximum Gasteiger partial charge on any atom is 0.251 e. The first-order chi connectivity index (χ1) is 15.6. The first kappa shape index (κ1) is 25.0. The molecule has 1 fully saturated rings. The van der Waals surface area contributed by atoms with Gasteiger partial charge in [0.15, 0.2) is 0 Å². The average molecular weight is 498 g/mol. The summed E-state index contributed by atoms with van der Waals surface area (Å²) in [5, 5.41) is 2.71. The van der Waals surface area contributed by atoms with Crippen molar-refractivity contribution < 1.29 is 31.1 Å². The Balaban J connectivity index is 1.50. The highest BCUT2D eigenvalue weighted by Gasteiger charge is 2.26. The normalized spacial score (nSPS) is 15.1. The van der Waals surface area contributed by atoms with Crippen molar-refractivity contribution in [2.75, 3.05) is 57.1 Å². The molecule has 1 saturated heterocycles. The van der Waals surface area contributed by atoms with Crippen molar-refractivity contribution in [3.8, 4) is 5.75 Å². The third-order valence-electron chi connectivity index (χ3n) is 5.06. The van der Waals surface area contributed by atoms with Crippen LogP contribution in [-0.2, 0) is 24.8 Å². The molecule has 2 aromatic rings. The van der Waals surface area contributed by atoms with E-state index in [1.165, 1.54) is 29.6 Å². The van der Waals surface area contributed by atoms with Gasteiger partial charge in [-0.15, -0.1) is 0 Å². The molecular weight excluding hydrogens is 470 g/mol. The van der Waals surface area contributed by atoms with Gasteiger partial charge in [-0.2, -0.15) is 4.31 Å². The summed E-state index contributed by atoms with van der Waals surface area (Å²) in [6.07, 6.45) is 1.08. The standard InChI is InChI=1S/C21H27N3O7S2/c1-23(32(2,26)27)18-5-3-4-17(16-18)21(25)22-10-13-31-19-6-8-20(9-7-19)33(28,29)24-11-14-30-15-12-24/h3-9,16H,10-15H2,1-2H3,(H,22,25). The molecule has 0 radical (unpaired) electrons. The Morgan fingerprint density at radius 2 is 1.76 bits per heavy atom. The number of morpholine rings is 1. The molecule has 1 heterocycles. The van der Waals surface area contributed by atoms with Crippen LogP contribution >= 0.6 is 0 Å². The van der Waals surface area contributed by atoms with Crippen molar-refractivity contribution in [3.05, 3.63) is 54.1 Å². The van der Waals surface area contributed by atoms with E-state index in [9.17, 15) is 21.6 Å². The van der Waals surface area contributed by atoms with Gasteiger partial charge in [0, 0.05) is 25.7 Å². The lowest BCUT2D eigenvalue weighted by molar-refractivity contribution is 0.0730. The minimum atomic E-state index is -3.57. The molecule has 2 aromatic carbocycles. The zero-order chi connectivity index (χ0) is 24.1. The zero-order valence-electron chi connectivity index (χ0n) is 18.4. The topological polar surface area (TPSA) is 122 Å². The molecular formula is C21H27N3O7S2. The molecule has 0 aliphatic carbocycles. The van der Waals surface area contributed by atoms with Crippen molar-refractivity contribution in [2.45, 2.75) is 4.90 Å².